The van der Waals surface area contributed by atoms with Crippen LogP contribution in [-0.4, -0.2) is 52.8 Å². The van der Waals surface area contributed by atoms with Gasteiger partial charge in [0.15, 0.2) is 0 Å². The van der Waals surface area contributed by atoms with Gasteiger partial charge in [-0.15, -0.1) is 0 Å². The number of hydrogen-bond acceptors (Lipinski definition) is 4. The Morgan fingerprint density at radius 1 is 1.00 bits per heavy atom. The van der Waals surface area contributed by atoms with Crippen LogP contribution < -0.4 is 0 Å². The van der Waals surface area contributed by atoms with Crippen LogP contribution in [-0.2, 0) is 9.47 Å². The third-order valence-electron chi connectivity index (χ3n) is 4.25. The summed E-state index contributed by atoms with van der Waals surface area (Å²) in [6.07, 6.45) is -0.883. The van der Waals surface area contributed by atoms with Crippen molar-refractivity contribution in [3.8, 4) is 0 Å². The van der Waals surface area contributed by atoms with Crippen molar-refractivity contribution in [2.24, 2.45) is 0 Å². The maximum atomic E-state index is 13.6. The molecule has 6 nitrogen and oxygen atoms in total. The molecule has 0 N–H and O–H groups in total. The van der Waals surface area contributed by atoms with Gasteiger partial charge in [-0.1, -0.05) is 6.07 Å². The van der Waals surface area contributed by atoms with E-state index in [9.17, 15) is 14.0 Å². The second kappa shape index (κ2) is 7.97. The van der Waals surface area contributed by atoms with Crippen molar-refractivity contribution < 1.29 is 23.5 Å². The molecule has 7 heteroatoms. The largest absolute Gasteiger partial charge is 0.444 e. The summed E-state index contributed by atoms with van der Waals surface area (Å²) in [5.41, 5.74) is 0.243. The molecule has 0 unspecified atom stereocenters. The Morgan fingerprint density at radius 2 is 1.57 bits per heavy atom. The number of carbonyl (C=O) groups excluding carboxylic acids is 2. The molecule has 0 aromatic heterocycles. The molecule has 1 aliphatic rings. The fourth-order valence-electron chi connectivity index (χ4n) is 3.09. The van der Waals surface area contributed by atoms with Gasteiger partial charge in [-0.05, 0) is 71.7 Å². The fourth-order valence-corrected chi connectivity index (χ4v) is 3.09. The van der Waals surface area contributed by atoms with Crippen LogP contribution in [0.25, 0.3) is 0 Å². The molecule has 0 saturated carbocycles. The number of hydrogen-bond donors (Lipinski definition) is 0. The summed E-state index contributed by atoms with van der Waals surface area (Å²) in [6, 6.07) is 4.00. The minimum Gasteiger partial charge on any atom is -0.444 e. The first-order valence-electron chi connectivity index (χ1n) is 9.50. The van der Waals surface area contributed by atoms with Gasteiger partial charge in [-0.2, -0.15) is 0 Å². The van der Waals surface area contributed by atoms with Gasteiger partial charge in [0.05, 0.1) is 6.04 Å². The molecule has 0 aliphatic carbocycles. The van der Waals surface area contributed by atoms with E-state index in [0.29, 0.717) is 18.7 Å². The Balaban J connectivity index is 2.31. The van der Waals surface area contributed by atoms with Gasteiger partial charge in [0.25, 0.3) is 0 Å². The van der Waals surface area contributed by atoms with Crippen molar-refractivity contribution in [3.05, 3.63) is 35.1 Å². The van der Waals surface area contributed by atoms with Crippen LogP contribution in [0, 0.1) is 12.7 Å². The minimum absolute atomic E-state index is 0.251. The van der Waals surface area contributed by atoms with E-state index in [0.717, 1.165) is 5.56 Å². The van der Waals surface area contributed by atoms with Gasteiger partial charge in [-0.3, -0.25) is 4.90 Å². The second-order valence-electron chi connectivity index (χ2n) is 9.12. The zero-order chi connectivity index (χ0) is 21.3. The van der Waals surface area contributed by atoms with Crippen molar-refractivity contribution in [3.63, 3.8) is 0 Å². The summed E-state index contributed by atoms with van der Waals surface area (Å²) >= 11 is 0. The first-order valence-corrected chi connectivity index (χ1v) is 9.50. The van der Waals surface area contributed by atoms with Gasteiger partial charge in [0.2, 0.25) is 0 Å². The summed E-state index contributed by atoms with van der Waals surface area (Å²) in [5.74, 6) is -0.343. The highest BCUT2D eigenvalue weighted by atomic mass is 19.1. The van der Waals surface area contributed by atoms with Crippen LogP contribution in [0.4, 0.5) is 14.0 Å². The summed E-state index contributed by atoms with van der Waals surface area (Å²) in [4.78, 5) is 28.5. The van der Waals surface area contributed by atoms with Crippen LogP contribution in [0.15, 0.2) is 18.2 Å². The summed E-state index contributed by atoms with van der Waals surface area (Å²) < 4.78 is 24.6. The Morgan fingerprint density at radius 3 is 2.11 bits per heavy atom. The first-order chi connectivity index (χ1) is 12.8. The van der Waals surface area contributed by atoms with Gasteiger partial charge in [0.1, 0.15) is 17.0 Å². The highest BCUT2D eigenvalue weighted by molar-refractivity contribution is 5.71. The molecule has 2 rings (SSSR count). The molecule has 2 amide bonds. The number of piperazine rings is 1. The number of nitrogens with zero attached hydrogens (tertiary/aromatic N) is 2. The Labute approximate surface area is 166 Å². The van der Waals surface area contributed by atoms with Crippen LogP contribution in [0.5, 0.6) is 0 Å². The molecule has 156 valence electrons. The monoisotopic (exact) mass is 394 g/mol. The summed E-state index contributed by atoms with van der Waals surface area (Å²) in [7, 11) is 0. The average molecular weight is 394 g/mol. The molecular weight excluding hydrogens is 363 g/mol. The average Bonchev–Trinajstić information content (AvgIpc) is 2.51. The molecule has 1 fully saturated rings. The van der Waals surface area contributed by atoms with Crippen LogP contribution in [0.3, 0.4) is 0 Å². The molecule has 0 radical (unpaired) electrons. The number of halogens is 1. The van der Waals surface area contributed by atoms with Crippen LogP contribution >= 0.6 is 0 Å². The molecule has 1 aromatic rings. The maximum Gasteiger partial charge on any atom is 0.410 e. The predicted octanol–water partition coefficient (Wildman–Crippen LogP) is 4.66. The first kappa shape index (κ1) is 22.0. The standard InChI is InChI=1S/C21H31FN2O4/c1-14-12-15(22)8-9-16(14)17-13-23(18(25)27-20(2,3)4)10-11-24(17)19(26)28-21(5,6)7/h8-9,12,17H,10-11,13H2,1-7H3/t17-/m0/s1. The molecule has 1 atom stereocenters. The van der Waals surface area contributed by atoms with E-state index in [1.807, 2.05) is 20.8 Å². The number of carbonyl (C=O) groups is 2. The van der Waals surface area contributed by atoms with E-state index in [1.165, 1.54) is 12.1 Å². The number of rotatable bonds is 1. The lowest BCUT2D eigenvalue weighted by Crippen LogP contribution is -2.54. The third kappa shape index (κ3) is 5.84. The van der Waals surface area contributed by atoms with Crippen molar-refractivity contribution in [2.75, 3.05) is 19.6 Å². The normalized spacial score (nSPS) is 18.1. The maximum absolute atomic E-state index is 13.6. The van der Waals surface area contributed by atoms with Crippen LogP contribution in [0.2, 0.25) is 0 Å². The Hall–Kier alpha value is -2.31. The lowest BCUT2D eigenvalue weighted by atomic mass is 9.98. The number of aryl methyl sites for hydroxylation is 1. The van der Waals surface area contributed by atoms with Crippen molar-refractivity contribution in [1.29, 1.82) is 0 Å². The second-order valence-corrected chi connectivity index (χ2v) is 9.12. The molecule has 1 saturated heterocycles. The van der Waals surface area contributed by atoms with Gasteiger partial charge < -0.3 is 14.4 Å². The number of benzene rings is 1. The molecule has 1 aliphatic heterocycles. The van der Waals surface area contributed by atoms with Gasteiger partial charge >= 0.3 is 12.2 Å². The van der Waals surface area contributed by atoms with E-state index < -0.39 is 29.4 Å². The lowest BCUT2D eigenvalue weighted by Gasteiger charge is -2.42. The Bertz CT molecular complexity index is 737. The van der Waals surface area contributed by atoms with Crippen molar-refractivity contribution in [1.82, 2.24) is 9.80 Å². The van der Waals surface area contributed by atoms with Gasteiger partial charge in [-0.25, -0.2) is 14.0 Å². The minimum atomic E-state index is -0.637. The van der Waals surface area contributed by atoms with Crippen molar-refractivity contribution >= 4 is 12.2 Å². The van der Waals surface area contributed by atoms with Gasteiger partial charge in [0, 0.05) is 19.6 Å². The fraction of sp³-hybridized carbons (Fsp3) is 0.619. The molecule has 0 bridgehead atoms. The third-order valence-corrected chi connectivity index (χ3v) is 4.25. The zero-order valence-corrected chi connectivity index (χ0v) is 17.8. The van der Waals surface area contributed by atoms with Crippen molar-refractivity contribution in [2.45, 2.75) is 65.7 Å². The quantitative estimate of drug-likeness (QED) is 0.695. The number of ether oxygens (including phenoxy) is 2. The molecule has 0 spiro atoms. The smallest absolute Gasteiger partial charge is 0.410 e. The SMILES string of the molecule is Cc1cc(F)ccc1[C@@H]1CN(C(=O)OC(C)(C)C)CCN1C(=O)OC(C)(C)C. The van der Waals surface area contributed by atoms with E-state index in [2.05, 4.69) is 0 Å². The predicted molar refractivity (Wildman–Crippen MR) is 105 cm³/mol. The lowest BCUT2D eigenvalue weighted by molar-refractivity contribution is -0.0153. The molecular formula is C21H31FN2O4. The summed E-state index contributed by atoms with van der Waals surface area (Å²) in [5, 5.41) is 0. The van der Waals surface area contributed by atoms with Crippen LogP contribution in [0.1, 0.15) is 58.7 Å². The van der Waals surface area contributed by atoms with E-state index in [-0.39, 0.29) is 12.4 Å². The zero-order valence-electron chi connectivity index (χ0n) is 17.8. The molecule has 1 aromatic carbocycles. The molecule has 28 heavy (non-hydrogen) atoms. The topological polar surface area (TPSA) is 59.1 Å². The van der Waals surface area contributed by atoms with E-state index in [1.54, 1.807) is 43.6 Å². The Kier molecular flexibility index (Phi) is 6.26. The molecule has 1 heterocycles. The van der Waals surface area contributed by atoms with E-state index >= 15 is 0 Å². The van der Waals surface area contributed by atoms with E-state index in [4.69, 9.17) is 9.47 Å². The highest BCUT2D eigenvalue weighted by Gasteiger charge is 2.37. The number of amides is 2. The highest BCUT2D eigenvalue weighted by Crippen LogP contribution is 2.30. The summed E-state index contributed by atoms with van der Waals surface area (Å²) in [6.45, 7) is 13.5.